The molecular formula is C11H14N2O4S. The zero-order valence-corrected chi connectivity index (χ0v) is 10.4. The molecule has 1 heterocycles. The predicted octanol–water partition coefficient (Wildman–Crippen LogP) is 0.245. The lowest BCUT2D eigenvalue weighted by Gasteiger charge is -2.18. The number of nitrogens with zero attached hydrogens (tertiary/aromatic N) is 1. The van der Waals surface area contributed by atoms with Gasteiger partial charge in [-0.25, -0.2) is 13.6 Å². The van der Waals surface area contributed by atoms with Crippen molar-refractivity contribution in [2.24, 2.45) is 11.1 Å². The molecule has 0 bridgehead atoms. The summed E-state index contributed by atoms with van der Waals surface area (Å²) in [6, 6.07) is 6.14. The number of hydrogen-bond donors (Lipinski definition) is 2. The SMILES string of the molecule is NS(=O)(=O)c1ccc(N2CCC(C(=O)O)C2)cc1. The van der Waals surface area contributed by atoms with E-state index in [9.17, 15) is 13.2 Å². The Morgan fingerprint density at radius 1 is 1.33 bits per heavy atom. The summed E-state index contributed by atoms with van der Waals surface area (Å²) in [6.45, 7) is 1.11. The first-order valence-corrected chi connectivity index (χ1v) is 7.03. The van der Waals surface area contributed by atoms with Crippen LogP contribution in [-0.2, 0) is 14.8 Å². The lowest BCUT2D eigenvalue weighted by atomic mass is 10.1. The van der Waals surface area contributed by atoms with Crippen LogP contribution in [0.25, 0.3) is 0 Å². The van der Waals surface area contributed by atoms with E-state index in [0.29, 0.717) is 19.5 Å². The minimum atomic E-state index is -3.68. The number of carboxylic acids is 1. The van der Waals surface area contributed by atoms with E-state index in [1.165, 1.54) is 12.1 Å². The van der Waals surface area contributed by atoms with E-state index >= 15 is 0 Å². The molecule has 7 heteroatoms. The molecule has 1 fully saturated rings. The predicted molar refractivity (Wildman–Crippen MR) is 65.8 cm³/mol. The highest BCUT2D eigenvalue weighted by Crippen LogP contribution is 2.24. The van der Waals surface area contributed by atoms with E-state index in [1.54, 1.807) is 12.1 Å². The second-order valence-electron chi connectivity index (χ2n) is 4.31. The highest BCUT2D eigenvalue weighted by molar-refractivity contribution is 7.89. The molecule has 0 saturated carbocycles. The maximum absolute atomic E-state index is 11.1. The number of anilines is 1. The van der Waals surface area contributed by atoms with Crippen molar-refractivity contribution >= 4 is 21.7 Å². The van der Waals surface area contributed by atoms with Gasteiger partial charge in [-0.2, -0.15) is 0 Å². The summed E-state index contributed by atoms with van der Waals surface area (Å²) >= 11 is 0. The molecular weight excluding hydrogens is 256 g/mol. The van der Waals surface area contributed by atoms with Crippen LogP contribution in [0, 0.1) is 5.92 Å². The molecule has 1 unspecified atom stereocenters. The quantitative estimate of drug-likeness (QED) is 0.819. The van der Waals surface area contributed by atoms with Crippen LogP contribution in [0.1, 0.15) is 6.42 Å². The van der Waals surface area contributed by atoms with Crippen molar-refractivity contribution in [2.45, 2.75) is 11.3 Å². The molecule has 1 aliphatic heterocycles. The summed E-state index contributed by atoms with van der Waals surface area (Å²) in [4.78, 5) is 12.8. The minimum absolute atomic E-state index is 0.0558. The number of benzene rings is 1. The molecule has 0 radical (unpaired) electrons. The largest absolute Gasteiger partial charge is 0.481 e. The van der Waals surface area contributed by atoms with Crippen LogP contribution >= 0.6 is 0 Å². The third-order valence-corrected chi connectivity index (χ3v) is 4.00. The smallest absolute Gasteiger partial charge is 0.308 e. The molecule has 0 amide bonds. The molecule has 0 aromatic heterocycles. The summed E-state index contributed by atoms with van der Waals surface area (Å²) in [6.07, 6.45) is 0.603. The number of sulfonamides is 1. The summed E-state index contributed by atoms with van der Waals surface area (Å²) in [5.41, 5.74) is 0.811. The number of nitrogens with two attached hydrogens (primary N) is 1. The Morgan fingerprint density at radius 3 is 2.39 bits per heavy atom. The molecule has 1 aromatic carbocycles. The Hall–Kier alpha value is -1.60. The highest BCUT2D eigenvalue weighted by atomic mass is 32.2. The third-order valence-electron chi connectivity index (χ3n) is 3.07. The van der Waals surface area contributed by atoms with Crippen LogP contribution in [0.2, 0.25) is 0 Å². The van der Waals surface area contributed by atoms with Crippen LogP contribution < -0.4 is 10.0 Å². The van der Waals surface area contributed by atoms with Crippen molar-refractivity contribution in [1.29, 1.82) is 0 Å². The normalized spacial score (nSPS) is 20.1. The van der Waals surface area contributed by atoms with Crippen molar-refractivity contribution in [1.82, 2.24) is 0 Å². The molecule has 1 aromatic rings. The Bertz CT molecular complexity index is 553. The van der Waals surface area contributed by atoms with Crippen LogP contribution in [0.3, 0.4) is 0 Å². The van der Waals surface area contributed by atoms with Gasteiger partial charge in [0.05, 0.1) is 10.8 Å². The summed E-state index contributed by atoms with van der Waals surface area (Å²) < 4.78 is 22.2. The van der Waals surface area contributed by atoms with Crippen molar-refractivity contribution in [3.8, 4) is 0 Å². The van der Waals surface area contributed by atoms with Gasteiger partial charge in [0.25, 0.3) is 0 Å². The number of primary sulfonamides is 1. The fourth-order valence-electron chi connectivity index (χ4n) is 2.04. The van der Waals surface area contributed by atoms with E-state index in [-0.39, 0.29) is 10.8 Å². The number of carboxylic acid groups (broad SMARTS) is 1. The summed E-state index contributed by atoms with van der Waals surface area (Å²) in [7, 11) is -3.68. The van der Waals surface area contributed by atoms with Crippen LogP contribution in [-0.4, -0.2) is 32.6 Å². The monoisotopic (exact) mass is 270 g/mol. The molecule has 18 heavy (non-hydrogen) atoms. The third kappa shape index (κ3) is 2.62. The van der Waals surface area contributed by atoms with Gasteiger partial charge >= 0.3 is 5.97 Å². The minimum Gasteiger partial charge on any atom is -0.481 e. The van der Waals surface area contributed by atoms with Gasteiger partial charge in [0, 0.05) is 18.8 Å². The zero-order chi connectivity index (χ0) is 13.3. The lowest BCUT2D eigenvalue weighted by molar-refractivity contribution is -0.140. The Kier molecular flexibility index (Phi) is 3.27. The molecule has 1 aliphatic rings. The van der Waals surface area contributed by atoms with E-state index in [4.69, 9.17) is 10.2 Å². The van der Waals surface area contributed by atoms with E-state index in [1.807, 2.05) is 4.90 Å². The average molecular weight is 270 g/mol. The van der Waals surface area contributed by atoms with Gasteiger partial charge < -0.3 is 10.0 Å². The number of hydrogen-bond acceptors (Lipinski definition) is 4. The summed E-state index contributed by atoms with van der Waals surface area (Å²) in [5, 5.41) is 13.9. The van der Waals surface area contributed by atoms with Crippen LogP contribution in [0.15, 0.2) is 29.2 Å². The van der Waals surface area contributed by atoms with Crippen molar-refractivity contribution in [2.75, 3.05) is 18.0 Å². The lowest BCUT2D eigenvalue weighted by Crippen LogP contribution is -2.22. The number of aliphatic carboxylic acids is 1. The fourth-order valence-corrected chi connectivity index (χ4v) is 2.56. The molecule has 3 N–H and O–H groups in total. The maximum atomic E-state index is 11.1. The first kappa shape index (κ1) is 12.8. The maximum Gasteiger partial charge on any atom is 0.308 e. The molecule has 6 nitrogen and oxygen atoms in total. The fraction of sp³-hybridized carbons (Fsp3) is 0.364. The standard InChI is InChI=1S/C11H14N2O4S/c12-18(16,17)10-3-1-9(2-4-10)13-6-5-8(7-13)11(14)15/h1-4,8H,5-7H2,(H,14,15)(H2,12,16,17). The van der Waals surface area contributed by atoms with Gasteiger partial charge in [0.15, 0.2) is 0 Å². The second kappa shape index (κ2) is 4.58. The number of carbonyl (C=O) groups is 1. The Labute approximate surface area is 105 Å². The molecule has 0 aliphatic carbocycles. The number of rotatable bonds is 3. The van der Waals surface area contributed by atoms with Crippen molar-refractivity contribution in [3.63, 3.8) is 0 Å². The van der Waals surface area contributed by atoms with Gasteiger partial charge in [0.2, 0.25) is 10.0 Å². The van der Waals surface area contributed by atoms with Crippen molar-refractivity contribution < 1.29 is 18.3 Å². The molecule has 1 atom stereocenters. The van der Waals surface area contributed by atoms with Gasteiger partial charge in [-0.05, 0) is 30.7 Å². The molecule has 98 valence electrons. The van der Waals surface area contributed by atoms with E-state index < -0.39 is 16.0 Å². The van der Waals surface area contributed by atoms with Gasteiger partial charge in [0.1, 0.15) is 0 Å². The van der Waals surface area contributed by atoms with Crippen LogP contribution in [0.4, 0.5) is 5.69 Å². The van der Waals surface area contributed by atoms with Crippen LogP contribution in [0.5, 0.6) is 0 Å². The first-order valence-electron chi connectivity index (χ1n) is 5.48. The zero-order valence-electron chi connectivity index (χ0n) is 9.61. The topological polar surface area (TPSA) is 101 Å². The molecule has 0 spiro atoms. The molecule has 1 saturated heterocycles. The summed E-state index contributed by atoms with van der Waals surface area (Å²) in [5.74, 6) is -1.15. The van der Waals surface area contributed by atoms with E-state index in [2.05, 4.69) is 0 Å². The van der Waals surface area contributed by atoms with Crippen molar-refractivity contribution in [3.05, 3.63) is 24.3 Å². The Balaban J connectivity index is 2.14. The van der Waals surface area contributed by atoms with E-state index in [0.717, 1.165) is 5.69 Å². The Morgan fingerprint density at radius 2 is 1.94 bits per heavy atom. The molecule has 2 rings (SSSR count). The second-order valence-corrected chi connectivity index (χ2v) is 5.87. The first-order chi connectivity index (χ1) is 8.38. The highest BCUT2D eigenvalue weighted by Gasteiger charge is 2.28. The average Bonchev–Trinajstić information content (AvgIpc) is 2.77. The van der Waals surface area contributed by atoms with Gasteiger partial charge in [-0.15, -0.1) is 0 Å². The van der Waals surface area contributed by atoms with Gasteiger partial charge in [-0.1, -0.05) is 0 Å². The van der Waals surface area contributed by atoms with Gasteiger partial charge in [-0.3, -0.25) is 4.79 Å².